The summed E-state index contributed by atoms with van der Waals surface area (Å²) < 4.78 is 23.9. The van der Waals surface area contributed by atoms with E-state index in [0.29, 0.717) is 5.82 Å². The van der Waals surface area contributed by atoms with Crippen LogP contribution in [-0.2, 0) is 9.84 Å². The highest BCUT2D eigenvalue weighted by Crippen LogP contribution is 2.16. The molecule has 92 valence electrons. The third kappa shape index (κ3) is 2.07. The Morgan fingerprint density at radius 2 is 2.00 bits per heavy atom. The van der Waals surface area contributed by atoms with Crippen molar-refractivity contribution in [3.63, 3.8) is 0 Å². The number of anilines is 1. The number of rotatable bonds is 2. The van der Waals surface area contributed by atoms with Crippen LogP contribution in [0.4, 0.5) is 5.82 Å². The molecule has 0 unspecified atom stereocenters. The fraction of sp³-hybridized carbons (Fsp3) is 0.444. The van der Waals surface area contributed by atoms with Crippen LogP contribution in [0, 0.1) is 0 Å². The molecular weight excluding hydrogens is 242 g/mol. The lowest BCUT2D eigenvalue weighted by Crippen LogP contribution is -2.04. The highest BCUT2D eigenvalue weighted by Gasteiger charge is 2.17. The van der Waals surface area contributed by atoms with Crippen LogP contribution >= 0.6 is 0 Å². The minimum absolute atomic E-state index is 0.181. The lowest BCUT2D eigenvalue weighted by Gasteiger charge is -2.05. The van der Waals surface area contributed by atoms with E-state index in [9.17, 15) is 8.42 Å². The molecule has 0 aliphatic rings. The summed E-state index contributed by atoms with van der Waals surface area (Å²) in [6.07, 6.45) is 1.04. The van der Waals surface area contributed by atoms with Gasteiger partial charge in [-0.15, -0.1) is 5.10 Å². The highest BCUT2D eigenvalue weighted by molar-refractivity contribution is 7.90. The Hall–Kier alpha value is -1.70. The molecule has 2 aromatic rings. The smallest absolute Gasteiger partial charge is 0.268 e. The molecular formula is C9H13N5O2S. The van der Waals surface area contributed by atoms with E-state index in [-0.39, 0.29) is 16.9 Å². The lowest BCUT2D eigenvalue weighted by atomic mass is 10.1. The Balaban J connectivity index is 2.73. The average Bonchev–Trinajstić information content (AvgIpc) is 2.60. The molecule has 0 radical (unpaired) electrons. The number of sulfone groups is 1. The van der Waals surface area contributed by atoms with Crippen LogP contribution in [0.5, 0.6) is 0 Å². The Labute approximate surface area is 98.6 Å². The molecule has 17 heavy (non-hydrogen) atoms. The third-order valence-electron chi connectivity index (χ3n) is 2.26. The van der Waals surface area contributed by atoms with E-state index in [4.69, 9.17) is 5.73 Å². The molecule has 8 heteroatoms. The zero-order valence-electron chi connectivity index (χ0n) is 9.75. The van der Waals surface area contributed by atoms with Crippen LogP contribution in [0.25, 0.3) is 5.78 Å². The minimum atomic E-state index is -3.45. The molecule has 2 heterocycles. The van der Waals surface area contributed by atoms with Crippen molar-refractivity contribution in [3.05, 3.63) is 11.8 Å². The second-order valence-electron chi connectivity index (χ2n) is 4.14. The van der Waals surface area contributed by atoms with Crippen molar-refractivity contribution in [2.75, 3.05) is 12.0 Å². The van der Waals surface area contributed by atoms with Crippen molar-refractivity contribution in [1.82, 2.24) is 19.6 Å². The number of nitrogens with two attached hydrogens (primary N) is 1. The zero-order valence-corrected chi connectivity index (χ0v) is 10.6. The number of hydrogen-bond donors (Lipinski definition) is 1. The first-order valence-electron chi connectivity index (χ1n) is 5.02. The van der Waals surface area contributed by atoms with Gasteiger partial charge in [0.05, 0.1) is 5.69 Å². The second-order valence-corrected chi connectivity index (χ2v) is 6.05. The summed E-state index contributed by atoms with van der Waals surface area (Å²) in [5.41, 5.74) is 6.53. The Morgan fingerprint density at radius 1 is 1.35 bits per heavy atom. The monoisotopic (exact) mass is 255 g/mol. The largest absolute Gasteiger partial charge is 0.383 e. The first-order chi connectivity index (χ1) is 7.79. The molecule has 0 amide bonds. The van der Waals surface area contributed by atoms with Crippen LogP contribution < -0.4 is 5.73 Å². The van der Waals surface area contributed by atoms with Crippen LogP contribution in [0.15, 0.2) is 11.2 Å². The molecule has 0 aliphatic heterocycles. The van der Waals surface area contributed by atoms with E-state index in [0.717, 1.165) is 11.9 Å². The summed E-state index contributed by atoms with van der Waals surface area (Å²) >= 11 is 0. The molecule has 7 nitrogen and oxygen atoms in total. The Bertz CT molecular complexity index is 674. The van der Waals surface area contributed by atoms with E-state index >= 15 is 0 Å². The SMILES string of the molecule is CC(C)c1cc(N)n2nc(S(C)(=O)=O)nc2n1. The molecule has 0 aromatic carbocycles. The number of hydrogen-bond acceptors (Lipinski definition) is 6. The highest BCUT2D eigenvalue weighted by atomic mass is 32.2. The summed E-state index contributed by atoms with van der Waals surface area (Å²) in [7, 11) is -3.45. The Kier molecular flexibility index (Phi) is 2.53. The third-order valence-corrected chi connectivity index (χ3v) is 3.10. The fourth-order valence-corrected chi connectivity index (χ4v) is 1.82. The first-order valence-corrected chi connectivity index (χ1v) is 6.91. The van der Waals surface area contributed by atoms with Gasteiger partial charge in [-0.25, -0.2) is 13.4 Å². The van der Waals surface area contributed by atoms with E-state index in [1.54, 1.807) is 6.07 Å². The normalized spacial score (nSPS) is 12.5. The van der Waals surface area contributed by atoms with Gasteiger partial charge in [0.25, 0.3) is 10.9 Å². The molecule has 0 bridgehead atoms. The van der Waals surface area contributed by atoms with Gasteiger partial charge in [-0.2, -0.15) is 9.50 Å². The molecule has 2 rings (SSSR count). The topological polar surface area (TPSA) is 103 Å². The molecule has 2 N–H and O–H groups in total. The van der Waals surface area contributed by atoms with Gasteiger partial charge in [0.1, 0.15) is 5.82 Å². The zero-order chi connectivity index (χ0) is 12.8. The summed E-state index contributed by atoms with van der Waals surface area (Å²) in [6, 6.07) is 1.67. The van der Waals surface area contributed by atoms with E-state index in [1.165, 1.54) is 4.52 Å². The molecule has 0 aliphatic carbocycles. The lowest BCUT2D eigenvalue weighted by molar-refractivity contribution is 0.593. The average molecular weight is 255 g/mol. The number of nitrogens with zero attached hydrogens (tertiary/aromatic N) is 4. The molecule has 0 saturated carbocycles. The second kappa shape index (κ2) is 3.66. The number of fused-ring (bicyclic) bond motifs is 1. The number of nitrogen functional groups attached to an aromatic ring is 1. The standard InChI is InChI=1S/C9H13N5O2S/c1-5(2)6-4-7(10)14-8(11-6)12-9(13-14)17(3,15)16/h4-5H,10H2,1-3H3. The molecule has 0 fully saturated rings. The van der Waals surface area contributed by atoms with Crippen molar-refractivity contribution in [1.29, 1.82) is 0 Å². The van der Waals surface area contributed by atoms with Gasteiger partial charge in [0.2, 0.25) is 9.84 Å². The van der Waals surface area contributed by atoms with Crippen molar-refractivity contribution < 1.29 is 8.42 Å². The first kappa shape index (κ1) is 11.8. The summed E-state index contributed by atoms with van der Waals surface area (Å²) in [4.78, 5) is 8.08. The quantitative estimate of drug-likeness (QED) is 0.824. The maximum atomic E-state index is 11.3. The number of aromatic nitrogens is 4. The van der Waals surface area contributed by atoms with Gasteiger partial charge < -0.3 is 5.73 Å². The molecule has 0 saturated heterocycles. The molecule has 0 atom stereocenters. The summed E-state index contributed by atoms with van der Waals surface area (Å²) in [5, 5.41) is 3.55. The van der Waals surface area contributed by atoms with Gasteiger partial charge in [0.15, 0.2) is 0 Å². The van der Waals surface area contributed by atoms with Crippen molar-refractivity contribution >= 4 is 21.4 Å². The Morgan fingerprint density at radius 3 is 2.53 bits per heavy atom. The van der Waals surface area contributed by atoms with E-state index in [1.807, 2.05) is 13.8 Å². The fourth-order valence-electron chi connectivity index (χ4n) is 1.34. The van der Waals surface area contributed by atoms with E-state index < -0.39 is 9.84 Å². The van der Waals surface area contributed by atoms with Gasteiger partial charge in [-0.05, 0) is 5.92 Å². The minimum Gasteiger partial charge on any atom is -0.383 e. The van der Waals surface area contributed by atoms with Crippen molar-refractivity contribution in [2.24, 2.45) is 0 Å². The van der Waals surface area contributed by atoms with Gasteiger partial charge >= 0.3 is 0 Å². The van der Waals surface area contributed by atoms with E-state index in [2.05, 4.69) is 15.1 Å². The van der Waals surface area contributed by atoms with Gasteiger partial charge in [0, 0.05) is 12.3 Å². The van der Waals surface area contributed by atoms with Crippen molar-refractivity contribution in [2.45, 2.75) is 24.9 Å². The van der Waals surface area contributed by atoms with Crippen molar-refractivity contribution in [3.8, 4) is 0 Å². The molecule has 2 aromatic heterocycles. The van der Waals surface area contributed by atoms with Crippen LogP contribution in [0.3, 0.4) is 0 Å². The van der Waals surface area contributed by atoms with Gasteiger partial charge in [-0.1, -0.05) is 13.8 Å². The maximum absolute atomic E-state index is 11.3. The summed E-state index contributed by atoms with van der Waals surface area (Å²) in [6.45, 7) is 3.93. The van der Waals surface area contributed by atoms with Crippen LogP contribution in [0.1, 0.15) is 25.5 Å². The van der Waals surface area contributed by atoms with Gasteiger partial charge in [-0.3, -0.25) is 0 Å². The van der Waals surface area contributed by atoms with Crippen LogP contribution in [0.2, 0.25) is 0 Å². The predicted molar refractivity (Wildman–Crippen MR) is 62.4 cm³/mol. The summed E-state index contributed by atoms with van der Waals surface area (Å²) in [5.74, 6) is 0.705. The maximum Gasteiger partial charge on any atom is 0.268 e. The van der Waals surface area contributed by atoms with Crippen LogP contribution in [-0.4, -0.2) is 34.3 Å². The predicted octanol–water partition coefficient (Wildman–Crippen LogP) is 0.233. The molecule has 0 spiro atoms.